The maximum Gasteiger partial charge on any atom is 0.452 e. The molecule has 0 atom stereocenters. The van der Waals surface area contributed by atoms with Gasteiger partial charge in [0.1, 0.15) is 0 Å². The number of hydrogen-bond acceptors (Lipinski definition) is 5. The van der Waals surface area contributed by atoms with Gasteiger partial charge in [0.2, 0.25) is 11.0 Å². The first-order valence-electron chi connectivity index (χ1n) is 4.87. The average molecular weight is 289 g/mol. The normalized spacial score (nSPS) is 11.3. The molecule has 2 N–H and O–H groups in total. The number of carboxylic acids is 1. The summed E-state index contributed by atoms with van der Waals surface area (Å²) in [7, 11) is 0. The van der Waals surface area contributed by atoms with Crippen molar-refractivity contribution in [3.05, 3.63) is 35.7 Å². The number of rotatable bonds is 3. The first kappa shape index (κ1) is 13.3. The van der Waals surface area contributed by atoms with Crippen LogP contribution in [0.1, 0.15) is 16.2 Å². The molecule has 5 nitrogen and oxygen atoms in total. The minimum Gasteiger partial charge on any atom is -0.478 e. The van der Waals surface area contributed by atoms with Gasteiger partial charge in [0.15, 0.2) is 0 Å². The van der Waals surface area contributed by atoms with Gasteiger partial charge in [-0.15, -0.1) is 0 Å². The molecule has 0 aliphatic carbocycles. The van der Waals surface area contributed by atoms with Crippen LogP contribution in [0.25, 0.3) is 0 Å². The number of anilines is 2. The average Bonchev–Trinajstić information content (AvgIpc) is 2.78. The summed E-state index contributed by atoms with van der Waals surface area (Å²) in [5.41, 5.74) is 0.508. The molecule has 0 radical (unpaired) electrons. The summed E-state index contributed by atoms with van der Waals surface area (Å²) >= 11 is 0.573. The summed E-state index contributed by atoms with van der Waals surface area (Å²) in [5, 5.41) is 11.3. The first-order chi connectivity index (χ1) is 8.86. The van der Waals surface area contributed by atoms with Gasteiger partial charge >= 0.3 is 12.1 Å². The second-order valence-electron chi connectivity index (χ2n) is 3.43. The van der Waals surface area contributed by atoms with E-state index in [1.165, 1.54) is 24.3 Å². The Labute approximate surface area is 108 Å². The Kier molecular flexibility index (Phi) is 3.38. The second-order valence-corrected chi connectivity index (χ2v) is 4.18. The molecule has 1 aromatic heterocycles. The van der Waals surface area contributed by atoms with Crippen LogP contribution in [-0.4, -0.2) is 20.4 Å². The Morgan fingerprint density at radius 3 is 2.37 bits per heavy atom. The number of carbonyl (C=O) groups is 1. The number of alkyl halides is 3. The van der Waals surface area contributed by atoms with Crippen LogP contribution in [0.3, 0.4) is 0 Å². The molecular weight excluding hydrogens is 283 g/mol. The summed E-state index contributed by atoms with van der Waals surface area (Å²) in [6.45, 7) is 0. The Bertz CT molecular complexity index is 595. The highest BCUT2D eigenvalue weighted by Gasteiger charge is 2.36. The minimum absolute atomic E-state index is 0.0181. The van der Waals surface area contributed by atoms with Crippen LogP contribution in [0, 0.1) is 0 Å². The summed E-state index contributed by atoms with van der Waals surface area (Å²) in [6.07, 6.45) is -4.58. The molecule has 100 valence electrons. The van der Waals surface area contributed by atoms with E-state index in [4.69, 9.17) is 5.11 Å². The molecule has 0 unspecified atom stereocenters. The summed E-state index contributed by atoms with van der Waals surface area (Å²) in [6, 6.07) is 5.52. The van der Waals surface area contributed by atoms with Gasteiger partial charge in [0.05, 0.1) is 5.56 Å². The third-order valence-electron chi connectivity index (χ3n) is 2.06. The Morgan fingerprint density at radius 2 is 1.89 bits per heavy atom. The van der Waals surface area contributed by atoms with Crippen molar-refractivity contribution in [2.75, 3.05) is 5.32 Å². The lowest BCUT2D eigenvalue weighted by Gasteiger charge is -2.02. The van der Waals surface area contributed by atoms with E-state index in [0.717, 1.165) is 0 Å². The van der Waals surface area contributed by atoms with E-state index in [-0.39, 0.29) is 10.7 Å². The maximum atomic E-state index is 12.3. The maximum absolute atomic E-state index is 12.3. The highest BCUT2D eigenvalue weighted by Crippen LogP contribution is 2.29. The third-order valence-corrected chi connectivity index (χ3v) is 2.69. The lowest BCUT2D eigenvalue weighted by molar-refractivity contribution is -0.144. The van der Waals surface area contributed by atoms with Crippen molar-refractivity contribution in [1.82, 2.24) is 9.36 Å². The van der Waals surface area contributed by atoms with Crippen LogP contribution in [0.4, 0.5) is 24.0 Å². The van der Waals surface area contributed by atoms with Crippen LogP contribution >= 0.6 is 11.5 Å². The highest BCUT2D eigenvalue weighted by molar-refractivity contribution is 7.09. The SMILES string of the molecule is O=C(O)c1ccc(Nc2nc(C(F)(F)F)ns2)cc1. The molecule has 2 aromatic rings. The molecule has 0 aliphatic rings. The van der Waals surface area contributed by atoms with Gasteiger partial charge in [-0.2, -0.15) is 22.5 Å². The number of benzene rings is 1. The smallest absolute Gasteiger partial charge is 0.452 e. The van der Waals surface area contributed by atoms with Gasteiger partial charge in [0, 0.05) is 17.2 Å². The number of nitrogens with zero attached hydrogens (tertiary/aromatic N) is 2. The topological polar surface area (TPSA) is 75.1 Å². The van der Waals surface area contributed by atoms with E-state index in [1.807, 2.05) is 0 Å². The summed E-state index contributed by atoms with van der Waals surface area (Å²) in [5.74, 6) is -2.29. The van der Waals surface area contributed by atoms with Crippen LogP contribution in [0.2, 0.25) is 0 Å². The zero-order chi connectivity index (χ0) is 14.0. The number of carboxylic acid groups (broad SMARTS) is 1. The number of aromatic carboxylic acids is 1. The number of nitrogens with one attached hydrogen (secondary N) is 1. The molecule has 0 spiro atoms. The Hall–Kier alpha value is -2.16. The fraction of sp³-hybridized carbons (Fsp3) is 0.100. The van der Waals surface area contributed by atoms with E-state index in [0.29, 0.717) is 17.2 Å². The lowest BCUT2D eigenvalue weighted by atomic mass is 10.2. The predicted octanol–water partition coefficient (Wildman–Crippen LogP) is 3.00. The van der Waals surface area contributed by atoms with Crippen LogP contribution in [-0.2, 0) is 6.18 Å². The molecule has 9 heteroatoms. The van der Waals surface area contributed by atoms with Crippen LogP contribution < -0.4 is 5.32 Å². The van der Waals surface area contributed by atoms with Gasteiger partial charge in [-0.3, -0.25) is 0 Å². The zero-order valence-corrected chi connectivity index (χ0v) is 9.92. The molecule has 0 amide bonds. The summed E-state index contributed by atoms with van der Waals surface area (Å²) < 4.78 is 40.0. The fourth-order valence-electron chi connectivity index (χ4n) is 1.21. The summed E-state index contributed by atoms with van der Waals surface area (Å²) in [4.78, 5) is 13.9. The third kappa shape index (κ3) is 3.19. The number of aromatic nitrogens is 2. The molecule has 1 heterocycles. The molecular formula is C10H6F3N3O2S. The van der Waals surface area contributed by atoms with E-state index >= 15 is 0 Å². The van der Waals surface area contributed by atoms with Gasteiger partial charge in [0.25, 0.3) is 0 Å². The van der Waals surface area contributed by atoms with Crippen molar-refractivity contribution in [2.45, 2.75) is 6.18 Å². The van der Waals surface area contributed by atoms with Crippen molar-refractivity contribution >= 4 is 28.3 Å². The zero-order valence-electron chi connectivity index (χ0n) is 9.10. The highest BCUT2D eigenvalue weighted by atomic mass is 32.1. The van der Waals surface area contributed by atoms with Crippen molar-refractivity contribution in [3.63, 3.8) is 0 Å². The quantitative estimate of drug-likeness (QED) is 0.908. The second kappa shape index (κ2) is 4.84. The molecule has 0 bridgehead atoms. The Balaban J connectivity index is 2.13. The molecule has 0 saturated carbocycles. The first-order valence-corrected chi connectivity index (χ1v) is 5.65. The van der Waals surface area contributed by atoms with Crippen LogP contribution in [0.5, 0.6) is 0 Å². The van der Waals surface area contributed by atoms with Crippen LogP contribution in [0.15, 0.2) is 24.3 Å². The largest absolute Gasteiger partial charge is 0.478 e. The minimum atomic E-state index is -4.58. The van der Waals surface area contributed by atoms with E-state index in [2.05, 4.69) is 14.7 Å². The standard InChI is InChI=1S/C10H6F3N3O2S/c11-10(12,13)8-15-9(19-16-8)14-6-3-1-5(2-4-6)7(17)18/h1-4H,(H,17,18)(H,14,15,16). The van der Waals surface area contributed by atoms with Gasteiger partial charge in [-0.1, -0.05) is 0 Å². The molecule has 19 heavy (non-hydrogen) atoms. The molecule has 0 fully saturated rings. The van der Waals surface area contributed by atoms with Crippen molar-refractivity contribution in [1.29, 1.82) is 0 Å². The van der Waals surface area contributed by atoms with Gasteiger partial charge in [-0.25, -0.2) is 4.79 Å². The number of hydrogen-bond donors (Lipinski definition) is 2. The van der Waals surface area contributed by atoms with Crippen molar-refractivity contribution in [3.8, 4) is 0 Å². The predicted molar refractivity (Wildman–Crippen MR) is 61.6 cm³/mol. The molecule has 0 saturated heterocycles. The van der Waals surface area contributed by atoms with Gasteiger partial charge < -0.3 is 10.4 Å². The van der Waals surface area contributed by atoms with Crippen molar-refractivity contribution < 1.29 is 23.1 Å². The molecule has 0 aliphatic heterocycles. The van der Waals surface area contributed by atoms with Crippen molar-refractivity contribution in [2.24, 2.45) is 0 Å². The fourth-order valence-corrected chi connectivity index (χ4v) is 1.82. The van der Waals surface area contributed by atoms with E-state index in [9.17, 15) is 18.0 Å². The van der Waals surface area contributed by atoms with E-state index < -0.39 is 18.0 Å². The number of halogens is 3. The molecule has 1 aromatic carbocycles. The van der Waals surface area contributed by atoms with Gasteiger partial charge in [-0.05, 0) is 24.3 Å². The monoisotopic (exact) mass is 289 g/mol. The lowest BCUT2D eigenvalue weighted by Crippen LogP contribution is -2.07. The molecule has 2 rings (SSSR count). The Morgan fingerprint density at radius 1 is 1.26 bits per heavy atom. The van der Waals surface area contributed by atoms with E-state index in [1.54, 1.807) is 0 Å².